The van der Waals surface area contributed by atoms with Gasteiger partial charge in [-0.1, -0.05) is 6.42 Å². The van der Waals surface area contributed by atoms with Crippen molar-refractivity contribution in [2.24, 2.45) is 11.8 Å². The third-order valence-corrected chi connectivity index (χ3v) is 2.37. The summed E-state index contributed by atoms with van der Waals surface area (Å²) in [6.45, 7) is 0. The van der Waals surface area contributed by atoms with Crippen molar-refractivity contribution in [2.45, 2.75) is 19.3 Å². The van der Waals surface area contributed by atoms with E-state index in [2.05, 4.69) is 5.32 Å². The van der Waals surface area contributed by atoms with Gasteiger partial charge in [-0.2, -0.15) is 0 Å². The predicted molar refractivity (Wildman–Crippen MR) is 34.2 cm³/mol. The minimum atomic E-state index is -0.174. The third kappa shape index (κ3) is 1.60. The second kappa shape index (κ2) is 3.66. The maximum atomic E-state index is 10.9. The normalized spacial score (nSPS) is 34.5. The van der Waals surface area contributed by atoms with Crippen LogP contribution >= 0.6 is 0 Å². The Morgan fingerprint density at radius 3 is 2.00 bits per heavy atom. The maximum absolute atomic E-state index is 10.9. The molecule has 2 amide bonds. The van der Waals surface area contributed by atoms with E-state index in [-0.39, 0.29) is 75.0 Å². The van der Waals surface area contributed by atoms with Gasteiger partial charge in [-0.15, -0.1) is 0 Å². The number of carbonyl (C=O) groups excluding carboxylic acids is 2. The first-order valence-electron chi connectivity index (χ1n) is 3.58. The molecular formula is C7H8KNO2. The van der Waals surface area contributed by atoms with Crippen molar-refractivity contribution < 1.29 is 61.0 Å². The molecule has 1 aliphatic heterocycles. The fourth-order valence-corrected chi connectivity index (χ4v) is 1.83. The predicted octanol–water partition coefficient (Wildman–Crippen LogP) is -2.15. The van der Waals surface area contributed by atoms with E-state index in [1.807, 2.05) is 0 Å². The zero-order valence-corrected chi connectivity index (χ0v) is 9.66. The molecule has 0 bridgehead atoms. The van der Waals surface area contributed by atoms with E-state index in [9.17, 15) is 9.59 Å². The van der Waals surface area contributed by atoms with Gasteiger partial charge in [0.05, 0.1) is 11.8 Å². The average molecular weight is 177 g/mol. The van der Waals surface area contributed by atoms with Gasteiger partial charge in [-0.25, -0.2) is 0 Å². The number of carbonyl (C=O) groups is 2. The molecule has 0 radical (unpaired) electrons. The minimum absolute atomic E-state index is 0. The van der Waals surface area contributed by atoms with E-state index in [4.69, 9.17) is 0 Å². The SMILES string of the molecule is O=C1[N-]C(=O)C2CCCC12.[K+]. The van der Waals surface area contributed by atoms with Crippen LogP contribution in [0.15, 0.2) is 0 Å². The second-order valence-corrected chi connectivity index (χ2v) is 2.93. The molecule has 1 aliphatic carbocycles. The molecule has 2 rings (SSSR count). The summed E-state index contributed by atoms with van der Waals surface area (Å²) < 4.78 is 0. The largest absolute Gasteiger partial charge is 1.00 e. The van der Waals surface area contributed by atoms with Gasteiger partial charge < -0.3 is 14.9 Å². The molecule has 54 valence electrons. The first-order valence-corrected chi connectivity index (χ1v) is 3.58. The Morgan fingerprint density at radius 2 is 1.55 bits per heavy atom. The molecule has 2 atom stereocenters. The summed E-state index contributed by atoms with van der Waals surface area (Å²) in [7, 11) is 0. The molecule has 0 aromatic carbocycles. The molecule has 0 N–H and O–H groups in total. The molecule has 2 fully saturated rings. The molecule has 1 heterocycles. The Bertz CT molecular complexity index is 185. The van der Waals surface area contributed by atoms with Crippen LogP contribution < -0.4 is 51.4 Å². The maximum Gasteiger partial charge on any atom is 1.00 e. The van der Waals surface area contributed by atoms with Gasteiger partial charge in [0, 0.05) is 11.8 Å². The van der Waals surface area contributed by atoms with E-state index in [0.29, 0.717) is 0 Å². The van der Waals surface area contributed by atoms with Gasteiger partial charge in [-0.05, 0) is 12.8 Å². The van der Waals surface area contributed by atoms with Crippen molar-refractivity contribution in [3.63, 3.8) is 0 Å². The van der Waals surface area contributed by atoms with E-state index in [0.717, 1.165) is 19.3 Å². The zero-order chi connectivity index (χ0) is 7.14. The topological polar surface area (TPSA) is 48.2 Å². The van der Waals surface area contributed by atoms with Crippen LogP contribution in [0.1, 0.15) is 19.3 Å². The fourth-order valence-electron chi connectivity index (χ4n) is 1.83. The molecule has 11 heavy (non-hydrogen) atoms. The van der Waals surface area contributed by atoms with Crippen LogP contribution in [0, 0.1) is 11.8 Å². The van der Waals surface area contributed by atoms with Crippen molar-refractivity contribution in [1.82, 2.24) is 0 Å². The van der Waals surface area contributed by atoms with E-state index in [1.165, 1.54) is 0 Å². The number of nitrogens with zero attached hydrogens (tertiary/aromatic N) is 1. The van der Waals surface area contributed by atoms with Crippen LogP contribution in [0.25, 0.3) is 5.32 Å². The van der Waals surface area contributed by atoms with Gasteiger partial charge in [0.1, 0.15) is 0 Å². The number of rotatable bonds is 0. The molecule has 3 nitrogen and oxygen atoms in total. The number of imide groups is 1. The van der Waals surface area contributed by atoms with E-state index >= 15 is 0 Å². The van der Waals surface area contributed by atoms with Crippen LogP contribution in [0.2, 0.25) is 0 Å². The Balaban J connectivity index is 0.000000605. The molecule has 1 saturated carbocycles. The fraction of sp³-hybridized carbons (Fsp3) is 0.714. The Labute approximate surface area is 108 Å². The number of hydrogen-bond donors (Lipinski definition) is 0. The first kappa shape index (κ1) is 9.86. The van der Waals surface area contributed by atoms with Crippen molar-refractivity contribution >= 4 is 11.8 Å². The Kier molecular flexibility index (Phi) is 3.28. The molecule has 0 aromatic heterocycles. The number of fused-ring (bicyclic) bond motifs is 1. The van der Waals surface area contributed by atoms with E-state index < -0.39 is 0 Å². The second-order valence-electron chi connectivity index (χ2n) is 2.93. The summed E-state index contributed by atoms with van der Waals surface area (Å²) in [6, 6.07) is 0. The summed E-state index contributed by atoms with van der Waals surface area (Å²) in [4.78, 5) is 21.8. The molecule has 2 unspecified atom stereocenters. The van der Waals surface area contributed by atoms with Crippen LogP contribution in [0.3, 0.4) is 0 Å². The third-order valence-electron chi connectivity index (χ3n) is 2.37. The smallest absolute Gasteiger partial charge is 0.595 e. The Morgan fingerprint density at radius 1 is 1.09 bits per heavy atom. The summed E-state index contributed by atoms with van der Waals surface area (Å²) >= 11 is 0. The molecule has 0 aromatic rings. The van der Waals surface area contributed by atoms with Crippen LogP contribution in [0.5, 0.6) is 0 Å². The van der Waals surface area contributed by atoms with Crippen molar-refractivity contribution in [1.29, 1.82) is 0 Å². The quantitative estimate of drug-likeness (QED) is 0.313. The van der Waals surface area contributed by atoms with Gasteiger partial charge >= 0.3 is 51.4 Å². The zero-order valence-electron chi connectivity index (χ0n) is 6.54. The molecular weight excluding hydrogens is 169 g/mol. The number of amides is 2. The summed E-state index contributed by atoms with van der Waals surface area (Å²) in [5.41, 5.74) is 0. The average Bonchev–Trinajstić information content (AvgIpc) is 2.39. The number of hydrogen-bond acceptors (Lipinski definition) is 2. The summed E-state index contributed by atoms with van der Waals surface area (Å²) in [6.07, 6.45) is 2.76. The monoisotopic (exact) mass is 177 g/mol. The Hall–Kier alpha value is 0.776. The van der Waals surface area contributed by atoms with Crippen LogP contribution in [-0.4, -0.2) is 11.8 Å². The van der Waals surface area contributed by atoms with Gasteiger partial charge in [0.15, 0.2) is 0 Å². The molecule has 0 spiro atoms. The summed E-state index contributed by atoms with van der Waals surface area (Å²) in [5, 5.41) is 3.40. The van der Waals surface area contributed by atoms with E-state index in [1.54, 1.807) is 0 Å². The van der Waals surface area contributed by atoms with Crippen LogP contribution in [0.4, 0.5) is 0 Å². The molecule has 2 aliphatic rings. The standard InChI is InChI=1S/C7H9NO2.K/c9-6-4-2-1-3-5(4)7(10)8-6;/h4-5H,1-3H2,(H,8,9,10);/q;+1/p-1. The van der Waals surface area contributed by atoms with Crippen LogP contribution in [-0.2, 0) is 9.59 Å². The van der Waals surface area contributed by atoms with Gasteiger partial charge in [0.25, 0.3) is 0 Å². The van der Waals surface area contributed by atoms with Gasteiger partial charge in [0.2, 0.25) is 0 Å². The molecule has 4 heteroatoms. The van der Waals surface area contributed by atoms with Crippen molar-refractivity contribution in [2.75, 3.05) is 0 Å². The van der Waals surface area contributed by atoms with Crippen molar-refractivity contribution in [3.8, 4) is 0 Å². The summed E-state index contributed by atoms with van der Waals surface area (Å²) in [5.74, 6) is -0.417. The van der Waals surface area contributed by atoms with Crippen molar-refractivity contribution in [3.05, 3.63) is 5.32 Å². The first-order chi connectivity index (χ1) is 4.79. The van der Waals surface area contributed by atoms with Gasteiger partial charge in [-0.3, -0.25) is 0 Å². The minimum Gasteiger partial charge on any atom is -0.595 e. The molecule has 1 saturated heterocycles.